The van der Waals surface area contributed by atoms with Gasteiger partial charge in [0.2, 0.25) is 0 Å². The SMILES string of the molecule is Cc1cc([C@H]2[C@@H](c3ccccn3)NC(=S)N2Cc2cccnc2)c(C)n1Cc1ccco1. The molecule has 0 aromatic carbocycles. The van der Waals surface area contributed by atoms with Gasteiger partial charge in [-0.05, 0) is 73.6 Å². The van der Waals surface area contributed by atoms with Gasteiger partial charge in [0.15, 0.2) is 5.11 Å². The first kappa shape index (κ1) is 20.5. The van der Waals surface area contributed by atoms with Crippen LogP contribution in [0, 0.1) is 13.8 Å². The third kappa shape index (κ3) is 3.80. The van der Waals surface area contributed by atoms with Crippen LogP contribution in [0.25, 0.3) is 0 Å². The molecule has 1 fully saturated rings. The number of rotatable bonds is 6. The van der Waals surface area contributed by atoms with Gasteiger partial charge in [-0.25, -0.2) is 0 Å². The van der Waals surface area contributed by atoms with Gasteiger partial charge in [0.1, 0.15) is 5.76 Å². The molecular formula is C25H25N5OS. The fourth-order valence-electron chi connectivity index (χ4n) is 4.53. The molecule has 2 atom stereocenters. The van der Waals surface area contributed by atoms with E-state index >= 15 is 0 Å². The zero-order valence-corrected chi connectivity index (χ0v) is 18.9. The van der Waals surface area contributed by atoms with Gasteiger partial charge in [-0.1, -0.05) is 12.1 Å². The summed E-state index contributed by atoms with van der Waals surface area (Å²) in [7, 11) is 0. The van der Waals surface area contributed by atoms with Gasteiger partial charge in [-0.2, -0.15) is 0 Å². The normalized spacial score (nSPS) is 18.2. The van der Waals surface area contributed by atoms with E-state index in [2.05, 4.69) is 56.8 Å². The second-order valence-corrected chi connectivity index (χ2v) is 8.49. The van der Waals surface area contributed by atoms with Crippen molar-refractivity contribution in [1.82, 2.24) is 24.8 Å². The molecule has 7 heteroatoms. The molecule has 1 aliphatic heterocycles. The largest absolute Gasteiger partial charge is 0.467 e. The number of aryl methyl sites for hydroxylation is 1. The molecule has 0 saturated carbocycles. The summed E-state index contributed by atoms with van der Waals surface area (Å²) in [6.07, 6.45) is 7.24. The number of thiocarbonyl (C=S) groups is 1. The Bertz CT molecular complexity index is 1200. The Labute approximate surface area is 192 Å². The average Bonchev–Trinajstić information content (AvgIpc) is 3.51. The zero-order chi connectivity index (χ0) is 22.1. The Kier molecular flexibility index (Phi) is 5.49. The average molecular weight is 444 g/mol. The summed E-state index contributed by atoms with van der Waals surface area (Å²) in [6.45, 7) is 5.69. The number of nitrogens with zero attached hydrogens (tertiary/aromatic N) is 4. The summed E-state index contributed by atoms with van der Waals surface area (Å²) < 4.78 is 7.91. The van der Waals surface area contributed by atoms with Crippen molar-refractivity contribution >= 4 is 17.3 Å². The maximum atomic E-state index is 5.81. The van der Waals surface area contributed by atoms with E-state index in [1.165, 1.54) is 17.0 Å². The highest BCUT2D eigenvalue weighted by Crippen LogP contribution is 2.41. The smallest absolute Gasteiger partial charge is 0.170 e. The van der Waals surface area contributed by atoms with Crippen molar-refractivity contribution in [2.45, 2.75) is 39.0 Å². The van der Waals surface area contributed by atoms with Crippen LogP contribution >= 0.6 is 12.2 Å². The second-order valence-electron chi connectivity index (χ2n) is 8.11. The number of nitrogens with one attached hydrogen (secondary N) is 1. The highest BCUT2D eigenvalue weighted by Gasteiger charge is 2.41. The molecule has 32 heavy (non-hydrogen) atoms. The summed E-state index contributed by atoms with van der Waals surface area (Å²) in [5, 5.41) is 4.26. The lowest BCUT2D eigenvalue weighted by Crippen LogP contribution is -2.29. The lowest BCUT2D eigenvalue weighted by molar-refractivity contribution is 0.309. The van der Waals surface area contributed by atoms with Gasteiger partial charge in [-0.3, -0.25) is 9.97 Å². The summed E-state index contributed by atoms with van der Waals surface area (Å²) in [4.78, 5) is 11.2. The van der Waals surface area contributed by atoms with Crippen LogP contribution in [-0.2, 0) is 13.1 Å². The van der Waals surface area contributed by atoms with Crippen molar-refractivity contribution in [3.63, 3.8) is 0 Å². The Morgan fingerprint density at radius 3 is 2.69 bits per heavy atom. The Morgan fingerprint density at radius 2 is 1.97 bits per heavy atom. The molecule has 5 heterocycles. The molecule has 0 aliphatic carbocycles. The Balaban J connectivity index is 1.57. The van der Waals surface area contributed by atoms with Crippen LogP contribution in [-0.4, -0.2) is 24.5 Å². The van der Waals surface area contributed by atoms with E-state index in [-0.39, 0.29) is 12.1 Å². The molecule has 6 nitrogen and oxygen atoms in total. The molecule has 0 radical (unpaired) electrons. The fourth-order valence-corrected chi connectivity index (χ4v) is 4.84. The molecule has 5 rings (SSSR count). The van der Waals surface area contributed by atoms with Crippen LogP contribution < -0.4 is 5.32 Å². The van der Waals surface area contributed by atoms with Crippen LogP contribution in [0.4, 0.5) is 0 Å². The van der Waals surface area contributed by atoms with Gasteiger partial charge in [0.25, 0.3) is 0 Å². The number of pyridine rings is 2. The highest BCUT2D eigenvalue weighted by molar-refractivity contribution is 7.80. The van der Waals surface area contributed by atoms with Crippen molar-refractivity contribution in [3.05, 3.63) is 107 Å². The fraction of sp³-hybridized carbons (Fsp3) is 0.240. The summed E-state index contributed by atoms with van der Waals surface area (Å²) in [6, 6.07) is 16.2. The van der Waals surface area contributed by atoms with Crippen molar-refractivity contribution in [3.8, 4) is 0 Å². The molecule has 1 N–H and O–H groups in total. The van der Waals surface area contributed by atoms with Gasteiger partial charge < -0.3 is 19.2 Å². The molecule has 0 unspecified atom stereocenters. The van der Waals surface area contributed by atoms with E-state index < -0.39 is 0 Å². The van der Waals surface area contributed by atoms with Gasteiger partial charge in [0.05, 0.1) is 30.6 Å². The second kappa shape index (κ2) is 8.59. The van der Waals surface area contributed by atoms with E-state index in [1.54, 1.807) is 12.5 Å². The standard InChI is InChI=1S/C25H25N5OS/c1-17-13-21(18(2)29(17)16-20-8-6-12-31-20)24-23(22-9-3-4-11-27-22)28-25(32)30(24)15-19-7-5-10-26-14-19/h3-14,23-24H,15-16H2,1-2H3,(H,28,32)/t23-,24+/m1/s1. The Hall–Kier alpha value is -3.45. The molecule has 0 spiro atoms. The summed E-state index contributed by atoms with van der Waals surface area (Å²) in [5.74, 6) is 0.937. The minimum Gasteiger partial charge on any atom is -0.467 e. The molecule has 162 valence electrons. The molecule has 4 aromatic heterocycles. The third-order valence-electron chi connectivity index (χ3n) is 6.10. The molecule has 4 aromatic rings. The van der Waals surface area contributed by atoms with E-state index in [0.717, 1.165) is 22.1 Å². The number of hydrogen-bond acceptors (Lipinski definition) is 4. The van der Waals surface area contributed by atoms with Crippen LogP contribution in [0.5, 0.6) is 0 Å². The van der Waals surface area contributed by atoms with Crippen LogP contribution in [0.2, 0.25) is 0 Å². The van der Waals surface area contributed by atoms with E-state index in [1.807, 2.05) is 42.7 Å². The lowest BCUT2D eigenvalue weighted by atomic mass is 9.96. The van der Waals surface area contributed by atoms with E-state index in [4.69, 9.17) is 16.6 Å². The van der Waals surface area contributed by atoms with E-state index in [9.17, 15) is 0 Å². The molecule has 1 aliphatic rings. The quantitative estimate of drug-likeness (QED) is 0.436. The number of hydrogen-bond donors (Lipinski definition) is 1. The van der Waals surface area contributed by atoms with Crippen molar-refractivity contribution < 1.29 is 4.42 Å². The highest BCUT2D eigenvalue weighted by atomic mass is 32.1. The zero-order valence-electron chi connectivity index (χ0n) is 18.1. The van der Waals surface area contributed by atoms with Crippen LogP contribution in [0.15, 0.2) is 77.8 Å². The van der Waals surface area contributed by atoms with Crippen molar-refractivity contribution in [2.24, 2.45) is 0 Å². The first-order valence-electron chi connectivity index (χ1n) is 10.7. The summed E-state index contributed by atoms with van der Waals surface area (Å²) >= 11 is 5.81. The Morgan fingerprint density at radius 1 is 1.06 bits per heavy atom. The number of aromatic nitrogens is 3. The molecular weight excluding hydrogens is 418 g/mol. The van der Waals surface area contributed by atoms with Gasteiger partial charge in [0, 0.05) is 36.5 Å². The lowest BCUT2D eigenvalue weighted by Gasteiger charge is -2.28. The molecule has 0 bridgehead atoms. The molecule has 0 amide bonds. The van der Waals surface area contributed by atoms with E-state index in [0.29, 0.717) is 13.1 Å². The topological polar surface area (TPSA) is 59.1 Å². The predicted molar refractivity (Wildman–Crippen MR) is 127 cm³/mol. The van der Waals surface area contributed by atoms with Gasteiger partial charge in [-0.15, -0.1) is 0 Å². The maximum Gasteiger partial charge on any atom is 0.170 e. The maximum absolute atomic E-state index is 5.81. The van der Waals surface area contributed by atoms with Gasteiger partial charge >= 0.3 is 0 Å². The minimum absolute atomic E-state index is 0.00848. The van der Waals surface area contributed by atoms with Crippen molar-refractivity contribution in [2.75, 3.05) is 0 Å². The van der Waals surface area contributed by atoms with Crippen LogP contribution in [0.3, 0.4) is 0 Å². The van der Waals surface area contributed by atoms with Crippen LogP contribution in [0.1, 0.15) is 46.1 Å². The molecule has 1 saturated heterocycles. The monoisotopic (exact) mass is 443 g/mol. The minimum atomic E-state index is -0.0436. The number of furan rings is 1. The van der Waals surface area contributed by atoms with Crippen molar-refractivity contribution in [1.29, 1.82) is 0 Å². The predicted octanol–water partition coefficient (Wildman–Crippen LogP) is 4.71. The first-order valence-corrected chi connectivity index (χ1v) is 11.1. The first-order chi connectivity index (χ1) is 15.6. The summed E-state index contributed by atoms with van der Waals surface area (Å²) in [5.41, 5.74) is 5.72. The third-order valence-corrected chi connectivity index (χ3v) is 6.45.